The van der Waals surface area contributed by atoms with Crippen molar-refractivity contribution in [3.8, 4) is 0 Å². The number of nitrogens with zero attached hydrogens (tertiary/aromatic N) is 2. The normalized spacial score (nSPS) is 16.5. The monoisotopic (exact) mass is 372 g/mol. The van der Waals surface area contributed by atoms with E-state index in [4.69, 9.17) is 0 Å². The predicted octanol–water partition coefficient (Wildman–Crippen LogP) is 2.96. The summed E-state index contributed by atoms with van der Waals surface area (Å²) in [6.45, 7) is 7.12. The molecule has 0 bridgehead atoms. The molecule has 0 radical (unpaired) electrons. The topological polar surface area (TPSA) is 59.4 Å². The lowest BCUT2D eigenvalue weighted by atomic mass is 10.0. The molecule has 1 aliphatic heterocycles. The Bertz CT molecular complexity index is 938. The minimum absolute atomic E-state index is 0.141. The van der Waals surface area contributed by atoms with Gasteiger partial charge in [-0.1, -0.05) is 43.8 Å². The van der Waals surface area contributed by atoms with Gasteiger partial charge in [-0.25, -0.2) is 8.42 Å². The first kappa shape index (κ1) is 18.6. The van der Waals surface area contributed by atoms with Gasteiger partial charge in [-0.05, 0) is 42.0 Å². The van der Waals surface area contributed by atoms with E-state index in [1.165, 1.54) is 14.9 Å². The van der Waals surface area contributed by atoms with Gasteiger partial charge in [0.05, 0.1) is 6.54 Å². The maximum absolute atomic E-state index is 12.9. The lowest BCUT2D eigenvalue weighted by Gasteiger charge is -2.29. The molecule has 0 spiro atoms. The molecule has 26 heavy (non-hydrogen) atoms. The molecule has 1 fully saturated rings. The van der Waals surface area contributed by atoms with Crippen LogP contribution in [0.4, 0.5) is 0 Å². The average molecular weight is 372 g/mol. The average Bonchev–Trinajstić information content (AvgIpc) is 2.64. The molecule has 1 aromatic heterocycles. The fourth-order valence-electron chi connectivity index (χ4n) is 3.16. The highest BCUT2D eigenvalue weighted by Crippen LogP contribution is 2.21. The lowest BCUT2D eigenvalue weighted by molar-refractivity contribution is 0.287. The lowest BCUT2D eigenvalue weighted by Crippen LogP contribution is -2.40. The van der Waals surface area contributed by atoms with E-state index in [1.54, 1.807) is 18.3 Å². The summed E-state index contributed by atoms with van der Waals surface area (Å²) in [7, 11) is -3.75. The number of benzene rings is 1. The maximum Gasteiger partial charge on any atom is 0.271 e. The van der Waals surface area contributed by atoms with E-state index in [2.05, 4.69) is 13.5 Å². The number of piperidine rings is 1. The third kappa shape index (κ3) is 3.81. The number of sulfonamides is 1. The number of hydrogen-bond donors (Lipinski definition) is 0. The Balaban J connectivity index is 1.89. The van der Waals surface area contributed by atoms with Gasteiger partial charge in [-0.2, -0.15) is 4.31 Å². The Kier molecular flexibility index (Phi) is 5.44. The van der Waals surface area contributed by atoms with Gasteiger partial charge in [0.1, 0.15) is 4.90 Å². The molecule has 6 heteroatoms. The number of rotatable bonds is 5. The summed E-state index contributed by atoms with van der Waals surface area (Å²) in [6.07, 6.45) is 5.04. The van der Waals surface area contributed by atoms with Crippen molar-refractivity contribution in [3.05, 3.63) is 70.7 Å². The molecule has 5 nitrogen and oxygen atoms in total. The van der Waals surface area contributed by atoms with Crippen molar-refractivity contribution in [2.75, 3.05) is 13.1 Å². The van der Waals surface area contributed by atoms with Crippen LogP contribution in [-0.4, -0.2) is 30.4 Å². The molecular weight excluding hydrogens is 348 g/mol. The largest absolute Gasteiger partial charge is 0.310 e. The van der Waals surface area contributed by atoms with Crippen molar-refractivity contribution in [3.63, 3.8) is 0 Å². The van der Waals surface area contributed by atoms with Gasteiger partial charge >= 0.3 is 0 Å². The molecule has 1 aromatic carbocycles. The second-order valence-corrected chi connectivity index (χ2v) is 8.74. The van der Waals surface area contributed by atoms with Crippen molar-refractivity contribution in [1.82, 2.24) is 8.87 Å². The van der Waals surface area contributed by atoms with Gasteiger partial charge in [0.2, 0.25) is 10.0 Å². The third-order valence-corrected chi connectivity index (χ3v) is 6.83. The number of pyridine rings is 1. The molecule has 0 N–H and O–H groups in total. The highest BCUT2D eigenvalue weighted by Gasteiger charge is 2.30. The predicted molar refractivity (Wildman–Crippen MR) is 103 cm³/mol. The van der Waals surface area contributed by atoms with Crippen LogP contribution in [0.15, 0.2) is 58.9 Å². The number of aromatic nitrogens is 1. The fraction of sp³-hybridized carbons (Fsp3) is 0.350. The Morgan fingerprint density at radius 1 is 1.15 bits per heavy atom. The van der Waals surface area contributed by atoms with E-state index in [0.29, 0.717) is 25.6 Å². The van der Waals surface area contributed by atoms with Gasteiger partial charge in [-0.3, -0.25) is 4.79 Å². The van der Waals surface area contributed by atoms with Gasteiger partial charge in [0, 0.05) is 19.3 Å². The van der Waals surface area contributed by atoms with Gasteiger partial charge in [0.25, 0.3) is 5.56 Å². The first-order chi connectivity index (χ1) is 12.4. The van der Waals surface area contributed by atoms with Crippen molar-refractivity contribution < 1.29 is 8.42 Å². The molecule has 0 saturated carbocycles. The Morgan fingerprint density at radius 3 is 2.42 bits per heavy atom. The molecule has 0 aliphatic carbocycles. The van der Waals surface area contributed by atoms with Crippen molar-refractivity contribution in [2.24, 2.45) is 5.92 Å². The molecular formula is C20H24N2O3S. The van der Waals surface area contributed by atoms with Crippen molar-refractivity contribution >= 4 is 16.1 Å². The maximum atomic E-state index is 12.9. The quantitative estimate of drug-likeness (QED) is 0.811. The number of hydrogen-bond acceptors (Lipinski definition) is 3. The highest BCUT2D eigenvalue weighted by atomic mass is 32.2. The summed E-state index contributed by atoms with van der Waals surface area (Å²) >= 11 is 0. The molecule has 138 valence electrons. The molecule has 0 atom stereocenters. The van der Waals surface area contributed by atoms with Crippen LogP contribution in [0.3, 0.4) is 0 Å². The summed E-state index contributed by atoms with van der Waals surface area (Å²) in [5.41, 5.74) is 1.45. The summed E-state index contributed by atoms with van der Waals surface area (Å²) in [4.78, 5) is 12.6. The van der Waals surface area contributed by atoms with Gasteiger partial charge in [0.15, 0.2) is 0 Å². The zero-order chi connectivity index (χ0) is 18.7. The summed E-state index contributed by atoms with van der Waals surface area (Å²) in [5.74, 6) is 0.521. The molecule has 1 saturated heterocycles. The van der Waals surface area contributed by atoms with E-state index >= 15 is 0 Å². The van der Waals surface area contributed by atoms with E-state index in [1.807, 2.05) is 24.3 Å². The van der Waals surface area contributed by atoms with Crippen LogP contribution < -0.4 is 5.56 Å². The third-order valence-electron chi connectivity index (χ3n) is 4.91. The SMILES string of the molecule is C=Cc1ccc(Cn2cccc(S(=O)(=O)N3CCC(C)CC3)c2=O)cc1. The Labute approximate surface area is 154 Å². The van der Waals surface area contributed by atoms with E-state index in [0.717, 1.165) is 24.0 Å². The molecule has 0 unspecified atom stereocenters. The zero-order valence-corrected chi connectivity index (χ0v) is 15.8. The molecule has 2 aromatic rings. The Morgan fingerprint density at radius 2 is 1.81 bits per heavy atom. The zero-order valence-electron chi connectivity index (χ0n) is 15.0. The van der Waals surface area contributed by atoms with Crippen LogP contribution in [0.25, 0.3) is 6.08 Å². The van der Waals surface area contributed by atoms with Crippen LogP contribution >= 0.6 is 0 Å². The van der Waals surface area contributed by atoms with Crippen LogP contribution in [0.5, 0.6) is 0 Å². The van der Waals surface area contributed by atoms with E-state index < -0.39 is 15.6 Å². The summed E-state index contributed by atoms with van der Waals surface area (Å²) in [6, 6.07) is 10.7. The van der Waals surface area contributed by atoms with Crippen LogP contribution in [0.2, 0.25) is 0 Å². The van der Waals surface area contributed by atoms with Gasteiger partial charge in [-0.15, -0.1) is 0 Å². The first-order valence-corrected chi connectivity index (χ1v) is 10.3. The first-order valence-electron chi connectivity index (χ1n) is 8.83. The molecule has 0 amide bonds. The van der Waals surface area contributed by atoms with Gasteiger partial charge < -0.3 is 4.57 Å². The van der Waals surface area contributed by atoms with Crippen LogP contribution in [0, 0.1) is 5.92 Å². The van der Waals surface area contributed by atoms with E-state index in [9.17, 15) is 13.2 Å². The second-order valence-electron chi connectivity index (χ2n) is 6.84. The van der Waals surface area contributed by atoms with Crippen molar-refractivity contribution in [2.45, 2.75) is 31.2 Å². The molecule has 1 aliphatic rings. The minimum Gasteiger partial charge on any atom is -0.310 e. The fourth-order valence-corrected chi connectivity index (χ4v) is 4.71. The highest BCUT2D eigenvalue weighted by molar-refractivity contribution is 7.89. The molecule has 3 rings (SSSR count). The van der Waals surface area contributed by atoms with Crippen LogP contribution in [-0.2, 0) is 16.6 Å². The standard InChI is InChI=1S/C20H24N2O3S/c1-3-17-6-8-18(9-7-17)15-21-12-4-5-19(20(21)23)26(24,25)22-13-10-16(2)11-14-22/h3-9,12,16H,1,10-11,13-15H2,2H3. The summed E-state index contributed by atoms with van der Waals surface area (Å²) < 4.78 is 28.7. The minimum atomic E-state index is -3.75. The smallest absolute Gasteiger partial charge is 0.271 e. The van der Waals surface area contributed by atoms with Crippen LogP contribution in [0.1, 0.15) is 30.9 Å². The summed E-state index contributed by atoms with van der Waals surface area (Å²) in [5, 5.41) is 0. The Hall–Kier alpha value is -2.18. The molecule has 2 heterocycles. The second kappa shape index (κ2) is 7.60. The van der Waals surface area contributed by atoms with E-state index in [-0.39, 0.29) is 4.90 Å². The van der Waals surface area contributed by atoms with Crippen molar-refractivity contribution in [1.29, 1.82) is 0 Å².